The highest BCUT2D eigenvalue weighted by Crippen LogP contribution is 2.31. The molecule has 0 saturated heterocycles. The van der Waals surface area contributed by atoms with Crippen LogP contribution in [-0.2, 0) is 6.54 Å². The van der Waals surface area contributed by atoms with Gasteiger partial charge in [-0.25, -0.2) is 0 Å². The maximum atomic E-state index is 11.1. The molecule has 0 aliphatic heterocycles. The van der Waals surface area contributed by atoms with Crippen LogP contribution in [0.4, 0.5) is 5.69 Å². The lowest BCUT2D eigenvalue weighted by Crippen LogP contribution is -2.01. The van der Waals surface area contributed by atoms with E-state index in [0.29, 0.717) is 6.54 Å². The second-order valence-corrected chi connectivity index (χ2v) is 6.33. The fourth-order valence-corrected chi connectivity index (χ4v) is 3.30. The van der Waals surface area contributed by atoms with Crippen LogP contribution < -0.4 is 4.74 Å². The molecule has 0 atom stereocenters. The molecule has 4 rings (SSSR count). The smallest absolute Gasteiger partial charge is 0.270 e. The van der Waals surface area contributed by atoms with Crippen LogP contribution >= 0.6 is 0 Å². The first-order chi connectivity index (χ1) is 13.2. The molecule has 0 unspecified atom stereocenters. The van der Waals surface area contributed by atoms with E-state index in [9.17, 15) is 10.1 Å². The average molecular weight is 358 g/mol. The third kappa shape index (κ3) is 3.27. The van der Waals surface area contributed by atoms with E-state index in [2.05, 4.69) is 4.57 Å². The number of nitrogens with zero attached hydrogens (tertiary/aromatic N) is 2. The lowest BCUT2D eigenvalue weighted by Gasteiger charge is -2.12. The molecule has 0 N–H and O–H groups in total. The van der Waals surface area contributed by atoms with Gasteiger partial charge in [-0.05, 0) is 35.4 Å². The molecule has 0 saturated carbocycles. The molecule has 27 heavy (non-hydrogen) atoms. The number of hydrogen-bond donors (Lipinski definition) is 0. The predicted molar refractivity (Wildman–Crippen MR) is 106 cm³/mol. The first kappa shape index (κ1) is 16.8. The minimum atomic E-state index is -0.359. The second-order valence-electron chi connectivity index (χ2n) is 6.33. The molecular weight excluding hydrogens is 340 g/mol. The maximum absolute atomic E-state index is 11.1. The first-order valence-electron chi connectivity index (χ1n) is 8.62. The lowest BCUT2D eigenvalue weighted by atomic mass is 10.1. The van der Waals surface area contributed by atoms with Crippen LogP contribution in [-0.4, -0.2) is 16.6 Å². The standard InChI is InChI=1S/C22H18N2O3/c1-27-20-10-7-16(8-11-20)15-23-21-12-9-19(24(25)26)13-18(21)14-22(23)17-5-3-2-4-6-17/h2-14H,15H2,1H3. The third-order valence-corrected chi connectivity index (χ3v) is 4.67. The highest BCUT2D eigenvalue weighted by molar-refractivity contribution is 5.88. The summed E-state index contributed by atoms with van der Waals surface area (Å²) < 4.78 is 7.42. The van der Waals surface area contributed by atoms with E-state index in [1.807, 2.05) is 66.7 Å². The largest absolute Gasteiger partial charge is 0.497 e. The highest BCUT2D eigenvalue weighted by Gasteiger charge is 2.14. The number of hydrogen-bond acceptors (Lipinski definition) is 3. The highest BCUT2D eigenvalue weighted by atomic mass is 16.6. The fourth-order valence-electron chi connectivity index (χ4n) is 3.30. The molecule has 0 amide bonds. The number of nitro benzene ring substituents is 1. The first-order valence-corrected chi connectivity index (χ1v) is 8.62. The molecule has 0 aliphatic carbocycles. The third-order valence-electron chi connectivity index (χ3n) is 4.67. The lowest BCUT2D eigenvalue weighted by molar-refractivity contribution is -0.384. The number of non-ortho nitro benzene ring substituents is 1. The van der Waals surface area contributed by atoms with Crippen LogP contribution in [0.5, 0.6) is 5.75 Å². The summed E-state index contributed by atoms with van der Waals surface area (Å²) in [6, 6.07) is 25.0. The van der Waals surface area contributed by atoms with Crippen LogP contribution in [0, 0.1) is 10.1 Å². The molecule has 0 fully saturated rings. The summed E-state index contributed by atoms with van der Waals surface area (Å²) in [5.41, 5.74) is 4.30. The number of methoxy groups -OCH3 is 1. The van der Waals surface area contributed by atoms with Gasteiger partial charge < -0.3 is 9.30 Å². The van der Waals surface area contributed by atoms with E-state index < -0.39 is 0 Å². The van der Waals surface area contributed by atoms with Gasteiger partial charge in [0.25, 0.3) is 5.69 Å². The zero-order chi connectivity index (χ0) is 18.8. The van der Waals surface area contributed by atoms with Crippen molar-refractivity contribution in [1.29, 1.82) is 0 Å². The fraction of sp³-hybridized carbons (Fsp3) is 0.0909. The molecule has 0 spiro atoms. The van der Waals surface area contributed by atoms with Crippen molar-refractivity contribution in [2.45, 2.75) is 6.54 Å². The molecule has 0 bridgehead atoms. The van der Waals surface area contributed by atoms with E-state index in [0.717, 1.165) is 33.5 Å². The Bertz CT molecular complexity index is 1100. The van der Waals surface area contributed by atoms with Gasteiger partial charge in [0.05, 0.1) is 12.0 Å². The molecule has 5 nitrogen and oxygen atoms in total. The molecule has 4 aromatic rings. The van der Waals surface area contributed by atoms with Crippen LogP contribution in [0.3, 0.4) is 0 Å². The van der Waals surface area contributed by atoms with Gasteiger partial charge in [-0.3, -0.25) is 10.1 Å². The van der Waals surface area contributed by atoms with Crippen LogP contribution in [0.15, 0.2) is 78.9 Å². The van der Waals surface area contributed by atoms with Crippen molar-refractivity contribution in [2.75, 3.05) is 7.11 Å². The van der Waals surface area contributed by atoms with Gasteiger partial charge in [-0.15, -0.1) is 0 Å². The second kappa shape index (κ2) is 6.96. The summed E-state index contributed by atoms with van der Waals surface area (Å²) in [5.74, 6) is 0.815. The number of rotatable bonds is 5. The maximum Gasteiger partial charge on any atom is 0.270 e. The van der Waals surface area contributed by atoms with Crippen molar-refractivity contribution in [3.63, 3.8) is 0 Å². The Morgan fingerprint density at radius 1 is 0.963 bits per heavy atom. The number of aromatic nitrogens is 1. The summed E-state index contributed by atoms with van der Waals surface area (Å²) >= 11 is 0. The SMILES string of the molecule is COc1ccc(Cn2c(-c3ccccc3)cc3cc([N+](=O)[O-])ccc32)cc1. The van der Waals surface area contributed by atoms with Gasteiger partial charge in [0.1, 0.15) is 5.75 Å². The Morgan fingerprint density at radius 3 is 2.37 bits per heavy atom. The van der Waals surface area contributed by atoms with E-state index in [1.54, 1.807) is 19.2 Å². The topological polar surface area (TPSA) is 57.3 Å². The monoisotopic (exact) mass is 358 g/mol. The Labute approximate surface area is 156 Å². The normalized spacial score (nSPS) is 10.9. The Morgan fingerprint density at radius 2 is 1.70 bits per heavy atom. The van der Waals surface area contributed by atoms with Crippen molar-refractivity contribution in [2.24, 2.45) is 0 Å². The molecular formula is C22H18N2O3. The number of nitro groups is 1. The zero-order valence-corrected chi connectivity index (χ0v) is 14.8. The predicted octanol–water partition coefficient (Wildman–Crippen LogP) is 5.27. The van der Waals surface area contributed by atoms with Gasteiger partial charge in [-0.1, -0.05) is 42.5 Å². The molecule has 3 aromatic carbocycles. The van der Waals surface area contributed by atoms with Crippen molar-refractivity contribution in [1.82, 2.24) is 4.57 Å². The molecule has 5 heteroatoms. The molecule has 0 aliphatic rings. The van der Waals surface area contributed by atoms with Gasteiger partial charge in [0.15, 0.2) is 0 Å². The van der Waals surface area contributed by atoms with Crippen molar-refractivity contribution >= 4 is 16.6 Å². The van der Waals surface area contributed by atoms with Crippen molar-refractivity contribution in [3.05, 3.63) is 94.5 Å². The van der Waals surface area contributed by atoms with E-state index >= 15 is 0 Å². The van der Waals surface area contributed by atoms with Crippen LogP contribution in [0.25, 0.3) is 22.2 Å². The quantitative estimate of drug-likeness (QED) is 0.360. The summed E-state index contributed by atoms with van der Waals surface area (Å²) in [7, 11) is 1.65. The average Bonchev–Trinajstić information content (AvgIpc) is 3.07. The number of fused-ring (bicyclic) bond motifs is 1. The van der Waals surface area contributed by atoms with Crippen LogP contribution in [0.2, 0.25) is 0 Å². The van der Waals surface area contributed by atoms with Crippen molar-refractivity contribution in [3.8, 4) is 17.0 Å². The molecule has 134 valence electrons. The van der Waals surface area contributed by atoms with Crippen LogP contribution in [0.1, 0.15) is 5.56 Å². The summed E-state index contributed by atoms with van der Waals surface area (Å²) in [5, 5.41) is 12.0. The summed E-state index contributed by atoms with van der Waals surface area (Å²) in [4.78, 5) is 10.8. The van der Waals surface area contributed by atoms with Gasteiger partial charge in [0, 0.05) is 35.3 Å². The minimum Gasteiger partial charge on any atom is -0.497 e. The summed E-state index contributed by atoms with van der Waals surface area (Å²) in [6.45, 7) is 0.662. The molecule has 1 heterocycles. The number of benzene rings is 3. The Kier molecular flexibility index (Phi) is 4.34. The molecule has 1 aromatic heterocycles. The Balaban J connectivity index is 1.86. The molecule has 0 radical (unpaired) electrons. The van der Waals surface area contributed by atoms with Gasteiger partial charge in [0.2, 0.25) is 0 Å². The van der Waals surface area contributed by atoms with Crippen molar-refractivity contribution < 1.29 is 9.66 Å². The Hall–Kier alpha value is -3.60. The summed E-state index contributed by atoms with van der Waals surface area (Å²) in [6.07, 6.45) is 0. The zero-order valence-electron chi connectivity index (χ0n) is 14.8. The van der Waals surface area contributed by atoms with E-state index in [-0.39, 0.29) is 10.6 Å². The minimum absolute atomic E-state index is 0.101. The number of ether oxygens (including phenoxy) is 1. The van der Waals surface area contributed by atoms with E-state index in [4.69, 9.17) is 4.74 Å². The van der Waals surface area contributed by atoms with E-state index in [1.165, 1.54) is 0 Å². The van der Waals surface area contributed by atoms with Gasteiger partial charge >= 0.3 is 0 Å². The van der Waals surface area contributed by atoms with Gasteiger partial charge in [-0.2, -0.15) is 0 Å².